The van der Waals surface area contributed by atoms with E-state index in [1.807, 2.05) is 24.3 Å². The van der Waals surface area contributed by atoms with E-state index in [2.05, 4.69) is 192 Å². The second kappa shape index (κ2) is 13.0. The Morgan fingerprint density at radius 3 is 1.49 bits per heavy atom. The van der Waals surface area contributed by atoms with E-state index in [1.165, 1.54) is 37.7 Å². The largest absolute Gasteiger partial charge is 0.309 e. The molecular weight excluding hydrogens is 760 g/mol. The van der Waals surface area contributed by atoms with Gasteiger partial charge in [-0.2, -0.15) is 0 Å². The number of hydrogen-bond donors (Lipinski definition) is 0. The molecule has 2 heterocycles. The molecule has 0 aliphatic heterocycles. The molecule has 11 aromatic carbocycles. The van der Waals surface area contributed by atoms with Gasteiger partial charge in [0.1, 0.15) is 5.65 Å². The molecule has 2 aromatic heterocycles. The summed E-state index contributed by atoms with van der Waals surface area (Å²) in [6.45, 7) is 0. The lowest BCUT2D eigenvalue weighted by Crippen LogP contribution is -2.25. The predicted molar refractivity (Wildman–Crippen MR) is 260 cm³/mol. The Hall–Kier alpha value is -7.58. The predicted octanol–water partition coefficient (Wildman–Crippen LogP) is 13.9. The van der Waals surface area contributed by atoms with Crippen molar-refractivity contribution in [3.63, 3.8) is 0 Å². The van der Waals surface area contributed by atoms with Gasteiger partial charge in [0.05, 0.1) is 16.6 Å². The van der Waals surface area contributed by atoms with Gasteiger partial charge in [-0.1, -0.05) is 164 Å². The zero-order chi connectivity index (χ0) is 40.2. The van der Waals surface area contributed by atoms with Crippen LogP contribution in [-0.2, 0) is 4.57 Å². The quantitative estimate of drug-likeness (QED) is 0.101. The first-order valence-electron chi connectivity index (χ1n) is 20.8. The van der Waals surface area contributed by atoms with Crippen LogP contribution in [0, 0.1) is 0 Å². The third-order valence-corrected chi connectivity index (χ3v) is 15.9. The van der Waals surface area contributed by atoms with E-state index in [1.54, 1.807) is 0 Å². The number of pyridine rings is 1. The first kappa shape index (κ1) is 34.3. The smallest absolute Gasteiger partial charge is 0.171 e. The van der Waals surface area contributed by atoms with E-state index in [4.69, 9.17) is 4.98 Å². The van der Waals surface area contributed by atoms with Crippen LogP contribution >= 0.6 is 7.14 Å². The molecule has 61 heavy (non-hydrogen) atoms. The Balaban J connectivity index is 0.987. The molecule has 0 N–H and O–H groups in total. The first-order valence-corrected chi connectivity index (χ1v) is 22.5. The molecule has 0 saturated heterocycles. The summed E-state index contributed by atoms with van der Waals surface area (Å²) in [4.78, 5) is 5.36. The van der Waals surface area contributed by atoms with Crippen LogP contribution in [0.3, 0.4) is 0 Å². The van der Waals surface area contributed by atoms with Gasteiger partial charge in [-0.05, 0) is 119 Å². The maximum atomic E-state index is 16.0. The minimum atomic E-state index is -3.28. The van der Waals surface area contributed by atoms with Gasteiger partial charge >= 0.3 is 0 Å². The van der Waals surface area contributed by atoms with Gasteiger partial charge in [0, 0.05) is 26.7 Å². The number of hydrogen-bond acceptors (Lipinski definition) is 2. The van der Waals surface area contributed by atoms with E-state index >= 15 is 4.57 Å². The van der Waals surface area contributed by atoms with Crippen LogP contribution in [0.4, 0.5) is 0 Å². The van der Waals surface area contributed by atoms with Gasteiger partial charge in [0.25, 0.3) is 0 Å². The van der Waals surface area contributed by atoms with Crippen molar-refractivity contribution in [1.29, 1.82) is 0 Å². The molecule has 284 valence electrons. The summed E-state index contributed by atoms with van der Waals surface area (Å²) in [5.74, 6) is 0. The van der Waals surface area contributed by atoms with E-state index < -0.39 is 7.14 Å². The molecule has 3 nitrogen and oxygen atoms in total. The normalized spacial score (nSPS) is 12.3. The molecule has 0 saturated carbocycles. The van der Waals surface area contributed by atoms with Gasteiger partial charge in [-0.25, -0.2) is 4.98 Å². The molecular formula is C57H35N2OP. The molecule has 0 bridgehead atoms. The number of rotatable bonds is 4. The third kappa shape index (κ3) is 5.18. The lowest BCUT2D eigenvalue weighted by Gasteiger charge is -2.22. The fraction of sp³-hybridized carbons (Fsp3) is 0. The molecule has 4 heteroatoms. The second-order valence-electron chi connectivity index (χ2n) is 16.3. The topological polar surface area (TPSA) is 34.4 Å². The Kier molecular flexibility index (Phi) is 7.29. The van der Waals surface area contributed by atoms with E-state index in [0.717, 1.165) is 81.6 Å². The van der Waals surface area contributed by atoms with Crippen molar-refractivity contribution in [2.45, 2.75) is 0 Å². The van der Waals surface area contributed by atoms with Crippen molar-refractivity contribution in [3.8, 4) is 11.1 Å². The first-order chi connectivity index (χ1) is 30.1. The standard InChI is InChI=1S/C57H35N2OP/c60-61(47-24-19-36-9-1-3-12-39(36)30-47,48-25-20-37-10-2-4-13-40(37)31-48)49-26-21-44-29-43(17-18-45(44)32-49)46-23-28-53-55(35-46)59-54-34-42-15-6-5-14-41(42)33-52(54)51-27-22-38-11-7-8-16-50(38)56(51)57(59)58-53/h1-35H. The SMILES string of the molecule is O=P(c1ccc2ccccc2c1)(c1ccc2ccccc2c1)c1ccc2cc(-c3ccc4nc5c6c7ccccc7ccc6c6cc7ccccc7cc6n5c4c3)ccc2c1. The molecule has 0 spiro atoms. The summed E-state index contributed by atoms with van der Waals surface area (Å²) >= 11 is 0. The fourth-order valence-corrected chi connectivity index (χ4v) is 12.5. The summed E-state index contributed by atoms with van der Waals surface area (Å²) in [7, 11) is -3.28. The molecule has 0 aliphatic rings. The number of nitrogens with zero attached hydrogens (tertiary/aromatic N) is 2. The number of fused-ring (bicyclic) bond motifs is 14. The van der Waals surface area contributed by atoms with Gasteiger partial charge < -0.3 is 4.57 Å². The van der Waals surface area contributed by atoms with Gasteiger partial charge in [-0.15, -0.1) is 0 Å². The Morgan fingerprint density at radius 2 is 0.820 bits per heavy atom. The monoisotopic (exact) mass is 794 g/mol. The zero-order valence-corrected chi connectivity index (χ0v) is 33.9. The van der Waals surface area contributed by atoms with Crippen molar-refractivity contribution in [2.75, 3.05) is 0 Å². The third-order valence-electron chi connectivity index (χ3n) is 12.9. The number of aromatic nitrogens is 2. The summed E-state index contributed by atoms with van der Waals surface area (Å²) < 4.78 is 18.3. The van der Waals surface area contributed by atoms with Crippen LogP contribution in [0.15, 0.2) is 212 Å². The molecule has 0 amide bonds. The van der Waals surface area contributed by atoms with Crippen molar-refractivity contribution in [2.24, 2.45) is 0 Å². The van der Waals surface area contributed by atoms with Crippen molar-refractivity contribution >= 4 is 115 Å². The average Bonchev–Trinajstić information content (AvgIpc) is 3.71. The molecule has 0 aliphatic carbocycles. The summed E-state index contributed by atoms with van der Waals surface area (Å²) in [5, 5.41) is 17.5. The van der Waals surface area contributed by atoms with Crippen LogP contribution in [0.1, 0.15) is 0 Å². The lowest BCUT2D eigenvalue weighted by molar-refractivity contribution is 0.592. The molecule has 13 aromatic rings. The van der Waals surface area contributed by atoms with Crippen molar-refractivity contribution in [3.05, 3.63) is 212 Å². The molecule has 13 rings (SSSR count). The Labute approximate surface area is 351 Å². The Bertz CT molecular complexity index is 3970. The summed E-state index contributed by atoms with van der Waals surface area (Å²) in [6.07, 6.45) is 0. The second-order valence-corrected chi connectivity index (χ2v) is 19.1. The molecule has 0 atom stereocenters. The number of imidazole rings is 1. The average molecular weight is 795 g/mol. The number of benzene rings is 11. The highest BCUT2D eigenvalue weighted by atomic mass is 31.2. The maximum Gasteiger partial charge on any atom is 0.171 e. The summed E-state index contributed by atoms with van der Waals surface area (Å²) in [6, 6.07) is 75.2. The van der Waals surface area contributed by atoms with Crippen LogP contribution < -0.4 is 15.9 Å². The zero-order valence-electron chi connectivity index (χ0n) is 33.0. The van der Waals surface area contributed by atoms with Crippen molar-refractivity contribution < 1.29 is 4.57 Å². The van der Waals surface area contributed by atoms with Crippen LogP contribution in [-0.4, -0.2) is 9.38 Å². The molecule has 0 radical (unpaired) electrons. The lowest BCUT2D eigenvalue weighted by atomic mass is 9.97. The van der Waals surface area contributed by atoms with E-state index in [0.29, 0.717) is 0 Å². The maximum absolute atomic E-state index is 16.0. The highest BCUT2D eigenvalue weighted by molar-refractivity contribution is 7.85. The van der Waals surface area contributed by atoms with Gasteiger partial charge in [0.15, 0.2) is 7.14 Å². The minimum absolute atomic E-state index is 0.824. The summed E-state index contributed by atoms with van der Waals surface area (Å²) in [5.41, 5.74) is 6.38. The molecule has 0 unspecified atom stereocenters. The molecule has 0 fully saturated rings. The van der Waals surface area contributed by atoms with Gasteiger partial charge in [-0.3, -0.25) is 4.40 Å². The highest BCUT2D eigenvalue weighted by Gasteiger charge is 2.31. The van der Waals surface area contributed by atoms with E-state index in [-0.39, 0.29) is 0 Å². The highest BCUT2D eigenvalue weighted by Crippen LogP contribution is 2.45. The van der Waals surface area contributed by atoms with Crippen LogP contribution in [0.5, 0.6) is 0 Å². The Morgan fingerprint density at radius 1 is 0.344 bits per heavy atom. The fourth-order valence-electron chi connectivity index (χ4n) is 9.83. The van der Waals surface area contributed by atoms with E-state index in [9.17, 15) is 0 Å². The van der Waals surface area contributed by atoms with Gasteiger partial charge in [0.2, 0.25) is 0 Å². The minimum Gasteiger partial charge on any atom is -0.309 e. The van der Waals surface area contributed by atoms with Crippen molar-refractivity contribution in [1.82, 2.24) is 9.38 Å². The van der Waals surface area contributed by atoms with Crippen LogP contribution in [0.2, 0.25) is 0 Å². The van der Waals surface area contributed by atoms with Crippen LogP contribution in [0.25, 0.3) is 103 Å².